The molecule has 3 heterocycles. The number of nitrogens with one attached hydrogen (secondary N) is 1. The molecule has 4 aromatic rings. The third kappa shape index (κ3) is 1.55. The molecular formula is C14H10N4O. The average molecular weight is 250 g/mol. The lowest BCUT2D eigenvalue weighted by atomic mass is 10.2. The minimum atomic E-state index is 0.454. The first-order valence-corrected chi connectivity index (χ1v) is 5.91. The molecule has 0 atom stereocenters. The molecule has 0 aliphatic carbocycles. The van der Waals surface area contributed by atoms with Gasteiger partial charge in [0.1, 0.15) is 11.4 Å². The number of nitrogen functional groups attached to an aromatic ring is 1. The zero-order valence-electron chi connectivity index (χ0n) is 9.92. The second-order valence-corrected chi connectivity index (χ2v) is 4.34. The number of imidazole rings is 1. The second kappa shape index (κ2) is 3.58. The Hall–Kier alpha value is -2.82. The predicted molar refractivity (Wildman–Crippen MR) is 73.5 cm³/mol. The zero-order chi connectivity index (χ0) is 12.8. The Balaban J connectivity index is 1.93. The molecule has 5 nitrogen and oxygen atoms in total. The molecule has 92 valence electrons. The molecule has 4 rings (SSSR count). The van der Waals surface area contributed by atoms with Crippen molar-refractivity contribution in [1.29, 1.82) is 0 Å². The van der Waals surface area contributed by atoms with Crippen LogP contribution in [0.15, 0.2) is 46.9 Å². The quantitative estimate of drug-likeness (QED) is 0.544. The molecule has 0 unspecified atom stereocenters. The smallest absolute Gasteiger partial charge is 0.180 e. The van der Waals surface area contributed by atoms with E-state index in [0.29, 0.717) is 23.0 Å². The maximum absolute atomic E-state index is 5.76. The molecule has 0 amide bonds. The molecular weight excluding hydrogens is 240 g/mol. The number of rotatable bonds is 1. The van der Waals surface area contributed by atoms with Crippen molar-refractivity contribution < 1.29 is 4.42 Å². The van der Waals surface area contributed by atoms with Gasteiger partial charge in [0, 0.05) is 5.39 Å². The van der Waals surface area contributed by atoms with Crippen LogP contribution in [0.2, 0.25) is 0 Å². The SMILES string of the molecule is Nc1ccc2[nH]c(-c3cc4ccccc4o3)nc2n1. The first-order valence-electron chi connectivity index (χ1n) is 5.91. The van der Waals surface area contributed by atoms with E-state index in [-0.39, 0.29) is 0 Å². The standard InChI is InChI=1S/C14H10N4O/c15-12-6-5-9-13(17-12)18-14(16-9)11-7-8-3-1-2-4-10(8)19-11/h1-7H,(H3,15,16,17,18). The molecule has 5 heteroatoms. The number of aromatic nitrogens is 3. The lowest BCUT2D eigenvalue weighted by molar-refractivity contribution is 0.626. The number of nitrogens with two attached hydrogens (primary N) is 1. The van der Waals surface area contributed by atoms with Crippen LogP contribution in [0, 0.1) is 0 Å². The Labute approximate surface area is 108 Å². The van der Waals surface area contributed by atoms with Gasteiger partial charge in [0.2, 0.25) is 0 Å². The maximum atomic E-state index is 5.76. The van der Waals surface area contributed by atoms with Crippen molar-refractivity contribution in [3.63, 3.8) is 0 Å². The molecule has 1 aromatic carbocycles. The van der Waals surface area contributed by atoms with E-state index in [1.54, 1.807) is 6.07 Å². The summed E-state index contributed by atoms with van der Waals surface area (Å²) in [6, 6.07) is 13.4. The Morgan fingerprint density at radius 3 is 2.84 bits per heavy atom. The lowest BCUT2D eigenvalue weighted by Crippen LogP contribution is -1.88. The highest BCUT2D eigenvalue weighted by Gasteiger charge is 2.11. The molecule has 0 fully saturated rings. The van der Waals surface area contributed by atoms with E-state index in [1.807, 2.05) is 36.4 Å². The summed E-state index contributed by atoms with van der Waals surface area (Å²) >= 11 is 0. The van der Waals surface area contributed by atoms with Gasteiger partial charge >= 0.3 is 0 Å². The van der Waals surface area contributed by atoms with Crippen molar-refractivity contribution in [2.45, 2.75) is 0 Å². The third-order valence-electron chi connectivity index (χ3n) is 3.03. The fourth-order valence-electron chi connectivity index (χ4n) is 2.12. The van der Waals surface area contributed by atoms with Gasteiger partial charge in [0.05, 0.1) is 5.52 Å². The molecule has 0 saturated heterocycles. The predicted octanol–water partition coefficient (Wildman–Crippen LogP) is 2.95. The van der Waals surface area contributed by atoms with Crippen LogP contribution in [0.4, 0.5) is 5.82 Å². The topological polar surface area (TPSA) is 80.7 Å². The molecule has 3 aromatic heterocycles. The first-order chi connectivity index (χ1) is 9.29. The summed E-state index contributed by atoms with van der Waals surface area (Å²) in [4.78, 5) is 11.7. The summed E-state index contributed by atoms with van der Waals surface area (Å²) in [6.45, 7) is 0. The number of hydrogen-bond acceptors (Lipinski definition) is 4. The van der Waals surface area contributed by atoms with E-state index >= 15 is 0 Å². The van der Waals surface area contributed by atoms with Crippen LogP contribution in [0.25, 0.3) is 33.7 Å². The Kier molecular flexibility index (Phi) is 1.91. The Bertz CT molecular complexity index is 858. The number of furan rings is 1. The first kappa shape index (κ1) is 10.1. The van der Waals surface area contributed by atoms with Gasteiger partial charge in [-0.15, -0.1) is 0 Å². The van der Waals surface area contributed by atoms with E-state index in [1.165, 1.54) is 0 Å². The molecule has 0 aliphatic rings. The van der Waals surface area contributed by atoms with Crippen molar-refractivity contribution in [1.82, 2.24) is 15.0 Å². The van der Waals surface area contributed by atoms with Gasteiger partial charge < -0.3 is 15.1 Å². The number of fused-ring (bicyclic) bond motifs is 2. The summed E-state index contributed by atoms with van der Waals surface area (Å²) in [7, 11) is 0. The summed E-state index contributed by atoms with van der Waals surface area (Å²) < 4.78 is 5.76. The van der Waals surface area contributed by atoms with Crippen LogP contribution in [-0.2, 0) is 0 Å². The van der Waals surface area contributed by atoms with Gasteiger partial charge in [-0.3, -0.25) is 0 Å². The van der Waals surface area contributed by atoms with Crippen molar-refractivity contribution >= 4 is 28.0 Å². The minimum Gasteiger partial charge on any atom is -0.453 e. The minimum absolute atomic E-state index is 0.454. The number of para-hydroxylation sites is 1. The number of benzene rings is 1. The van der Waals surface area contributed by atoms with Gasteiger partial charge in [-0.1, -0.05) is 18.2 Å². The second-order valence-electron chi connectivity index (χ2n) is 4.34. The van der Waals surface area contributed by atoms with E-state index in [2.05, 4.69) is 15.0 Å². The van der Waals surface area contributed by atoms with E-state index < -0.39 is 0 Å². The van der Waals surface area contributed by atoms with Crippen molar-refractivity contribution in [2.75, 3.05) is 5.73 Å². The fraction of sp³-hybridized carbons (Fsp3) is 0. The van der Waals surface area contributed by atoms with E-state index in [0.717, 1.165) is 16.5 Å². The molecule has 0 aliphatic heterocycles. The Morgan fingerprint density at radius 1 is 1.05 bits per heavy atom. The molecule has 19 heavy (non-hydrogen) atoms. The molecule has 0 saturated carbocycles. The fourth-order valence-corrected chi connectivity index (χ4v) is 2.12. The molecule has 0 radical (unpaired) electrons. The van der Waals surface area contributed by atoms with Gasteiger partial charge in [-0.2, -0.15) is 0 Å². The van der Waals surface area contributed by atoms with Crippen LogP contribution in [0.5, 0.6) is 0 Å². The molecule has 3 N–H and O–H groups in total. The summed E-state index contributed by atoms with van der Waals surface area (Å²) in [5, 5.41) is 1.05. The summed E-state index contributed by atoms with van der Waals surface area (Å²) in [6.07, 6.45) is 0. The number of H-pyrrole nitrogens is 1. The number of anilines is 1. The highest BCUT2D eigenvalue weighted by molar-refractivity contribution is 5.83. The van der Waals surface area contributed by atoms with Crippen molar-refractivity contribution in [3.8, 4) is 11.6 Å². The van der Waals surface area contributed by atoms with Crippen LogP contribution in [0.1, 0.15) is 0 Å². The zero-order valence-corrected chi connectivity index (χ0v) is 9.92. The van der Waals surface area contributed by atoms with E-state index in [4.69, 9.17) is 10.2 Å². The van der Waals surface area contributed by atoms with Gasteiger partial charge in [0.25, 0.3) is 0 Å². The monoisotopic (exact) mass is 250 g/mol. The number of nitrogens with zero attached hydrogens (tertiary/aromatic N) is 2. The van der Waals surface area contributed by atoms with Crippen LogP contribution in [0.3, 0.4) is 0 Å². The summed E-state index contributed by atoms with van der Waals surface area (Å²) in [5.74, 6) is 1.80. The highest BCUT2D eigenvalue weighted by Crippen LogP contribution is 2.27. The molecule has 0 bridgehead atoms. The van der Waals surface area contributed by atoms with Crippen molar-refractivity contribution in [2.24, 2.45) is 0 Å². The normalized spacial score (nSPS) is 11.4. The van der Waals surface area contributed by atoms with Crippen molar-refractivity contribution in [3.05, 3.63) is 42.5 Å². The summed E-state index contributed by atoms with van der Waals surface area (Å²) in [5.41, 5.74) is 7.91. The average Bonchev–Trinajstić information content (AvgIpc) is 3.00. The van der Waals surface area contributed by atoms with Gasteiger partial charge in [-0.25, -0.2) is 9.97 Å². The lowest BCUT2D eigenvalue weighted by Gasteiger charge is -1.88. The third-order valence-corrected chi connectivity index (χ3v) is 3.03. The number of aromatic amines is 1. The Morgan fingerprint density at radius 2 is 1.95 bits per heavy atom. The van der Waals surface area contributed by atoms with E-state index in [9.17, 15) is 0 Å². The number of pyridine rings is 1. The van der Waals surface area contributed by atoms with Crippen LogP contribution in [-0.4, -0.2) is 15.0 Å². The molecule has 0 spiro atoms. The van der Waals surface area contributed by atoms with Gasteiger partial charge in [-0.05, 0) is 24.3 Å². The van der Waals surface area contributed by atoms with Crippen LogP contribution >= 0.6 is 0 Å². The highest BCUT2D eigenvalue weighted by atomic mass is 16.3. The number of hydrogen-bond donors (Lipinski definition) is 2. The van der Waals surface area contributed by atoms with Crippen LogP contribution < -0.4 is 5.73 Å². The van der Waals surface area contributed by atoms with Gasteiger partial charge in [0.15, 0.2) is 17.2 Å². The largest absolute Gasteiger partial charge is 0.453 e. The maximum Gasteiger partial charge on any atom is 0.180 e.